The van der Waals surface area contributed by atoms with Crippen molar-refractivity contribution in [2.45, 2.75) is 19.5 Å². The molecule has 0 aliphatic heterocycles. The Morgan fingerprint density at radius 3 is 2.65 bits per heavy atom. The number of esters is 1. The van der Waals surface area contributed by atoms with Crippen molar-refractivity contribution in [3.8, 4) is 0 Å². The molecule has 0 spiro atoms. The summed E-state index contributed by atoms with van der Waals surface area (Å²) in [6.07, 6.45) is 3.86. The van der Waals surface area contributed by atoms with Crippen LogP contribution in [0.15, 0.2) is 36.7 Å². The van der Waals surface area contributed by atoms with Crippen LogP contribution in [0.25, 0.3) is 0 Å². The highest BCUT2D eigenvalue weighted by Gasteiger charge is 2.08. The minimum Gasteiger partial charge on any atom is -0.465 e. The smallest absolute Gasteiger partial charge is 0.337 e. The number of benzene rings is 1. The molecular formula is C15H19N3O2. The van der Waals surface area contributed by atoms with E-state index < -0.39 is 0 Å². The van der Waals surface area contributed by atoms with Gasteiger partial charge in [-0.05, 0) is 24.6 Å². The van der Waals surface area contributed by atoms with E-state index >= 15 is 0 Å². The fourth-order valence-electron chi connectivity index (χ4n) is 1.93. The van der Waals surface area contributed by atoms with Crippen LogP contribution in [0.1, 0.15) is 34.5 Å². The van der Waals surface area contributed by atoms with Crippen LogP contribution < -0.4 is 5.32 Å². The Morgan fingerprint density at radius 2 is 2.10 bits per heavy atom. The number of aromatic nitrogens is 2. The van der Waals surface area contributed by atoms with Crippen molar-refractivity contribution in [1.82, 2.24) is 15.1 Å². The standard InChI is InChI=1S/C15H19N3O2/c1-11(14-9-17-18(2)10-14)16-8-12-4-6-13(7-5-12)15(19)20-3/h4-7,9-11,16H,8H2,1-3H3/t11-/m1/s1. The highest BCUT2D eigenvalue weighted by molar-refractivity contribution is 5.89. The molecule has 1 aromatic heterocycles. The summed E-state index contributed by atoms with van der Waals surface area (Å²) in [5, 5.41) is 7.58. The van der Waals surface area contributed by atoms with Gasteiger partial charge in [-0.1, -0.05) is 12.1 Å². The lowest BCUT2D eigenvalue weighted by atomic mass is 10.1. The highest BCUT2D eigenvalue weighted by Crippen LogP contribution is 2.12. The summed E-state index contributed by atoms with van der Waals surface area (Å²) >= 11 is 0. The molecular weight excluding hydrogens is 254 g/mol. The second kappa shape index (κ2) is 6.34. The molecule has 0 radical (unpaired) electrons. The van der Waals surface area contributed by atoms with Crippen LogP contribution in [0, 0.1) is 0 Å². The first-order valence-electron chi connectivity index (χ1n) is 6.49. The lowest BCUT2D eigenvalue weighted by Gasteiger charge is -2.12. The van der Waals surface area contributed by atoms with Gasteiger partial charge in [0.15, 0.2) is 0 Å². The van der Waals surface area contributed by atoms with Gasteiger partial charge in [0.2, 0.25) is 0 Å². The quantitative estimate of drug-likeness (QED) is 0.847. The lowest BCUT2D eigenvalue weighted by Crippen LogP contribution is -2.17. The van der Waals surface area contributed by atoms with E-state index in [0.29, 0.717) is 5.56 Å². The van der Waals surface area contributed by atoms with Crippen molar-refractivity contribution in [3.63, 3.8) is 0 Å². The molecule has 1 aromatic carbocycles. The molecule has 5 heteroatoms. The Balaban J connectivity index is 1.92. The maximum atomic E-state index is 11.3. The van der Waals surface area contributed by atoms with Crippen molar-refractivity contribution < 1.29 is 9.53 Å². The van der Waals surface area contributed by atoms with Gasteiger partial charge in [-0.25, -0.2) is 4.79 Å². The zero-order valence-corrected chi connectivity index (χ0v) is 12.0. The van der Waals surface area contributed by atoms with E-state index in [2.05, 4.69) is 22.1 Å². The van der Waals surface area contributed by atoms with E-state index in [-0.39, 0.29) is 12.0 Å². The number of carbonyl (C=O) groups is 1. The third-order valence-corrected chi connectivity index (χ3v) is 3.21. The molecule has 0 unspecified atom stereocenters. The van der Waals surface area contributed by atoms with Crippen molar-refractivity contribution >= 4 is 5.97 Å². The van der Waals surface area contributed by atoms with Gasteiger partial charge in [0.05, 0.1) is 18.9 Å². The Morgan fingerprint density at radius 1 is 1.40 bits per heavy atom. The molecule has 0 aliphatic carbocycles. The average molecular weight is 273 g/mol. The van der Waals surface area contributed by atoms with E-state index in [4.69, 9.17) is 0 Å². The van der Waals surface area contributed by atoms with E-state index in [0.717, 1.165) is 17.7 Å². The Bertz CT molecular complexity index is 575. The van der Waals surface area contributed by atoms with Gasteiger partial charge in [0.25, 0.3) is 0 Å². The minimum absolute atomic E-state index is 0.226. The first-order valence-corrected chi connectivity index (χ1v) is 6.49. The average Bonchev–Trinajstić information content (AvgIpc) is 2.91. The zero-order valence-electron chi connectivity index (χ0n) is 12.0. The van der Waals surface area contributed by atoms with E-state index in [1.165, 1.54) is 7.11 Å². The highest BCUT2D eigenvalue weighted by atomic mass is 16.5. The third kappa shape index (κ3) is 3.45. The third-order valence-electron chi connectivity index (χ3n) is 3.21. The van der Waals surface area contributed by atoms with Crippen LogP contribution in [-0.2, 0) is 18.3 Å². The van der Waals surface area contributed by atoms with Gasteiger partial charge >= 0.3 is 5.97 Å². The van der Waals surface area contributed by atoms with Crippen LogP contribution in [0.4, 0.5) is 0 Å². The molecule has 0 aliphatic rings. The summed E-state index contributed by atoms with van der Waals surface area (Å²) in [4.78, 5) is 11.3. The first-order chi connectivity index (χ1) is 9.60. The molecule has 0 saturated carbocycles. The van der Waals surface area contributed by atoms with Gasteiger partial charge in [-0.15, -0.1) is 0 Å². The summed E-state index contributed by atoms with van der Waals surface area (Å²) in [6.45, 7) is 2.83. The predicted octanol–water partition coefficient (Wildman–Crippen LogP) is 2.06. The Kier molecular flexibility index (Phi) is 4.53. The van der Waals surface area contributed by atoms with Crippen LogP contribution in [0.5, 0.6) is 0 Å². The maximum absolute atomic E-state index is 11.3. The largest absolute Gasteiger partial charge is 0.465 e. The molecule has 2 aromatic rings. The fourth-order valence-corrected chi connectivity index (χ4v) is 1.93. The van der Waals surface area contributed by atoms with Crippen molar-refractivity contribution in [2.75, 3.05) is 7.11 Å². The molecule has 2 rings (SSSR count). The number of nitrogens with one attached hydrogen (secondary N) is 1. The second-order valence-corrected chi connectivity index (χ2v) is 4.74. The summed E-state index contributed by atoms with van der Waals surface area (Å²) in [5.41, 5.74) is 2.84. The van der Waals surface area contributed by atoms with Crippen molar-refractivity contribution in [3.05, 3.63) is 53.3 Å². The molecule has 1 atom stereocenters. The van der Waals surface area contributed by atoms with E-state index in [9.17, 15) is 4.79 Å². The molecule has 1 N–H and O–H groups in total. The number of carbonyl (C=O) groups excluding carboxylic acids is 1. The number of rotatable bonds is 5. The summed E-state index contributed by atoms with van der Waals surface area (Å²) < 4.78 is 6.46. The lowest BCUT2D eigenvalue weighted by molar-refractivity contribution is 0.0600. The molecule has 0 bridgehead atoms. The fraction of sp³-hybridized carbons (Fsp3) is 0.333. The van der Waals surface area contributed by atoms with Crippen LogP contribution in [0.2, 0.25) is 0 Å². The topological polar surface area (TPSA) is 56.1 Å². The van der Waals surface area contributed by atoms with Crippen LogP contribution in [-0.4, -0.2) is 22.9 Å². The molecule has 0 saturated heterocycles. The SMILES string of the molecule is COC(=O)c1ccc(CN[C@H](C)c2cnn(C)c2)cc1. The minimum atomic E-state index is -0.312. The monoisotopic (exact) mass is 273 g/mol. The van der Waals surface area contributed by atoms with Gasteiger partial charge < -0.3 is 10.1 Å². The van der Waals surface area contributed by atoms with Gasteiger partial charge in [-0.3, -0.25) is 4.68 Å². The molecule has 5 nitrogen and oxygen atoms in total. The molecule has 0 amide bonds. The number of hydrogen-bond acceptors (Lipinski definition) is 4. The van der Waals surface area contributed by atoms with Gasteiger partial charge in [0, 0.05) is 31.4 Å². The normalized spacial score (nSPS) is 12.2. The number of ether oxygens (including phenoxy) is 1. The van der Waals surface area contributed by atoms with Gasteiger partial charge in [0.1, 0.15) is 0 Å². The first kappa shape index (κ1) is 14.3. The summed E-state index contributed by atoms with van der Waals surface area (Å²) in [6, 6.07) is 7.63. The zero-order chi connectivity index (χ0) is 14.5. The summed E-state index contributed by atoms with van der Waals surface area (Å²) in [5.74, 6) is -0.312. The molecule has 0 fully saturated rings. The second-order valence-electron chi connectivity index (χ2n) is 4.74. The number of hydrogen-bond donors (Lipinski definition) is 1. The number of methoxy groups -OCH3 is 1. The molecule has 20 heavy (non-hydrogen) atoms. The molecule has 1 heterocycles. The van der Waals surface area contributed by atoms with E-state index in [1.807, 2.05) is 31.6 Å². The molecule has 106 valence electrons. The Labute approximate surface area is 118 Å². The van der Waals surface area contributed by atoms with Crippen molar-refractivity contribution in [2.24, 2.45) is 7.05 Å². The number of nitrogens with zero attached hydrogens (tertiary/aromatic N) is 2. The Hall–Kier alpha value is -2.14. The van der Waals surface area contributed by atoms with Crippen molar-refractivity contribution in [1.29, 1.82) is 0 Å². The predicted molar refractivity (Wildman–Crippen MR) is 76.2 cm³/mol. The van der Waals surface area contributed by atoms with Crippen LogP contribution in [0.3, 0.4) is 0 Å². The number of aryl methyl sites for hydroxylation is 1. The van der Waals surface area contributed by atoms with Crippen LogP contribution >= 0.6 is 0 Å². The maximum Gasteiger partial charge on any atom is 0.337 e. The summed E-state index contributed by atoms with van der Waals surface area (Å²) in [7, 11) is 3.29. The van der Waals surface area contributed by atoms with E-state index in [1.54, 1.807) is 16.8 Å². The van der Waals surface area contributed by atoms with Gasteiger partial charge in [-0.2, -0.15) is 5.10 Å².